The van der Waals surface area contributed by atoms with Gasteiger partial charge in [0.05, 0.1) is 19.2 Å². The lowest BCUT2D eigenvalue weighted by molar-refractivity contribution is 0.0600. The molecule has 0 radical (unpaired) electrons. The minimum atomic E-state index is -0.581. The van der Waals surface area contributed by atoms with Gasteiger partial charge in [0.1, 0.15) is 11.9 Å². The van der Waals surface area contributed by atoms with E-state index in [1.165, 1.54) is 11.7 Å². The van der Waals surface area contributed by atoms with E-state index in [0.29, 0.717) is 23.0 Å². The summed E-state index contributed by atoms with van der Waals surface area (Å²) in [5.74, 6) is 0.499. The second kappa shape index (κ2) is 6.82. The fraction of sp³-hybridized carbons (Fsp3) is 0.222. The Kier molecular flexibility index (Phi) is 4.32. The van der Waals surface area contributed by atoms with Gasteiger partial charge in [-0.2, -0.15) is 10.1 Å². The zero-order chi connectivity index (χ0) is 19.8. The molecule has 2 aromatic heterocycles. The number of carbonyl (C=O) groups excluding carboxylic acids is 1. The highest BCUT2D eigenvalue weighted by Crippen LogP contribution is 2.29. The highest BCUT2D eigenvalue weighted by atomic mass is 16.5. The number of nitrogens with one attached hydrogen (secondary N) is 1. The summed E-state index contributed by atoms with van der Waals surface area (Å²) in [6, 6.07) is 8.68. The van der Waals surface area contributed by atoms with Crippen LogP contribution in [0.25, 0.3) is 0 Å². The number of aromatic amines is 1. The van der Waals surface area contributed by atoms with Gasteiger partial charge >= 0.3 is 11.7 Å². The maximum absolute atomic E-state index is 12.6. The van der Waals surface area contributed by atoms with Crippen molar-refractivity contribution >= 4 is 17.7 Å². The van der Waals surface area contributed by atoms with Crippen molar-refractivity contribution in [2.24, 2.45) is 10.7 Å². The normalized spacial score (nSPS) is 15.9. The number of esters is 1. The Morgan fingerprint density at radius 3 is 2.89 bits per heavy atom. The Labute approximate surface area is 159 Å². The van der Waals surface area contributed by atoms with Gasteiger partial charge in [-0.15, -0.1) is 0 Å². The molecule has 1 unspecified atom stereocenters. The molecule has 144 valence electrons. The molecule has 3 heterocycles. The lowest BCUT2D eigenvalue weighted by atomic mass is 10.1. The van der Waals surface area contributed by atoms with Gasteiger partial charge < -0.3 is 20.4 Å². The molecule has 3 N–H and O–H groups in total. The highest BCUT2D eigenvalue weighted by Gasteiger charge is 2.30. The molecule has 0 amide bonds. The largest absolute Gasteiger partial charge is 0.465 e. The summed E-state index contributed by atoms with van der Waals surface area (Å²) in [7, 11) is 3.11. The number of fused-ring (bicyclic) bond motifs is 1. The highest BCUT2D eigenvalue weighted by molar-refractivity contribution is 5.89. The van der Waals surface area contributed by atoms with E-state index in [0.717, 1.165) is 5.56 Å². The summed E-state index contributed by atoms with van der Waals surface area (Å²) in [4.78, 5) is 33.5. The van der Waals surface area contributed by atoms with Gasteiger partial charge in [0.2, 0.25) is 5.96 Å². The summed E-state index contributed by atoms with van der Waals surface area (Å²) in [5, 5.41) is 4.20. The van der Waals surface area contributed by atoms with Gasteiger partial charge in [-0.05, 0) is 23.8 Å². The number of nitrogens with two attached hydrogens (primary N) is 1. The predicted octanol–water partition coefficient (Wildman–Crippen LogP) is 0.646. The zero-order valence-electron chi connectivity index (χ0n) is 15.4. The van der Waals surface area contributed by atoms with Crippen molar-refractivity contribution in [1.82, 2.24) is 24.2 Å². The van der Waals surface area contributed by atoms with Crippen molar-refractivity contribution in [1.29, 1.82) is 0 Å². The summed E-state index contributed by atoms with van der Waals surface area (Å²) in [6.07, 6.45) is 2.81. The van der Waals surface area contributed by atoms with Gasteiger partial charge in [-0.25, -0.2) is 14.3 Å². The molecular weight excluding hydrogens is 362 g/mol. The van der Waals surface area contributed by atoms with Crippen LogP contribution in [0.2, 0.25) is 0 Å². The second-order valence-corrected chi connectivity index (χ2v) is 6.36. The van der Waals surface area contributed by atoms with Crippen molar-refractivity contribution in [2.45, 2.75) is 12.7 Å². The van der Waals surface area contributed by atoms with E-state index in [2.05, 4.69) is 15.1 Å². The van der Waals surface area contributed by atoms with Crippen LogP contribution in [-0.4, -0.2) is 50.3 Å². The number of nitrogens with zero attached hydrogens (tertiary/aromatic N) is 5. The number of ether oxygens (including phenoxy) is 1. The molecule has 0 saturated heterocycles. The van der Waals surface area contributed by atoms with Gasteiger partial charge in [0.25, 0.3) is 0 Å². The zero-order valence-corrected chi connectivity index (χ0v) is 15.4. The van der Waals surface area contributed by atoms with Crippen LogP contribution in [0, 0.1) is 0 Å². The van der Waals surface area contributed by atoms with Crippen molar-refractivity contribution in [3.63, 3.8) is 0 Å². The number of benzene rings is 1. The first-order chi connectivity index (χ1) is 13.5. The van der Waals surface area contributed by atoms with Crippen LogP contribution in [0.3, 0.4) is 0 Å². The van der Waals surface area contributed by atoms with Crippen LogP contribution < -0.4 is 11.4 Å². The first kappa shape index (κ1) is 17.7. The minimum absolute atomic E-state index is 0.224. The van der Waals surface area contributed by atoms with Gasteiger partial charge in [-0.1, -0.05) is 12.1 Å². The summed E-state index contributed by atoms with van der Waals surface area (Å²) < 4.78 is 7.83. The third-order valence-corrected chi connectivity index (χ3v) is 4.62. The maximum atomic E-state index is 12.6. The Morgan fingerprint density at radius 2 is 2.18 bits per heavy atom. The van der Waals surface area contributed by atoms with E-state index in [1.54, 1.807) is 53.3 Å². The predicted molar refractivity (Wildman–Crippen MR) is 101 cm³/mol. The molecule has 4 rings (SSSR count). The van der Waals surface area contributed by atoms with Gasteiger partial charge in [0.15, 0.2) is 5.82 Å². The Bertz CT molecular complexity index is 1110. The van der Waals surface area contributed by atoms with E-state index in [9.17, 15) is 9.59 Å². The Hall–Kier alpha value is -3.66. The number of aromatic nitrogens is 4. The van der Waals surface area contributed by atoms with Crippen molar-refractivity contribution in [2.75, 3.05) is 14.2 Å². The molecule has 0 spiro atoms. The summed E-state index contributed by atoms with van der Waals surface area (Å²) in [5.41, 5.74) is 7.66. The van der Waals surface area contributed by atoms with Gasteiger partial charge in [-0.3, -0.25) is 4.57 Å². The number of rotatable bonds is 3. The molecule has 0 aliphatic carbocycles. The quantitative estimate of drug-likeness (QED) is 0.642. The molecule has 1 aliphatic rings. The first-order valence-corrected chi connectivity index (χ1v) is 8.56. The molecule has 0 fully saturated rings. The molecule has 0 bridgehead atoms. The fourth-order valence-electron chi connectivity index (χ4n) is 3.14. The fourth-order valence-corrected chi connectivity index (χ4v) is 3.14. The molecule has 1 atom stereocenters. The van der Waals surface area contributed by atoms with Gasteiger partial charge in [0, 0.05) is 19.4 Å². The number of methoxy groups -OCH3 is 1. The lowest BCUT2D eigenvalue weighted by Crippen LogP contribution is -2.42. The molecule has 1 aliphatic heterocycles. The van der Waals surface area contributed by atoms with Crippen molar-refractivity contribution in [3.8, 4) is 0 Å². The topological polar surface area (TPSA) is 124 Å². The third kappa shape index (κ3) is 2.89. The van der Waals surface area contributed by atoms with E-state index in [1.807, 2.05) is 6.07 Å². The van der Waals surface area contributed by atoms with E-state index in [4.69, 9.17) is 10.5 Å². The van der Waals surface area contributed by atoms with Crippen molar-refractivity contribution < 1.29 is 9.53 Å². The summed E-state index contributed by atoms with van der Waals surface area (Å²) >= 11 is 0. The van der Waals surface area contributed by atoms with E-state index >= 15 is 0 Å². The molecule has 0 saturated carbocycles. The second-order valence-electron chi connectivity index (χ2n) is 6.36. The van der Waals surface area contributed by atoms with Crippen LogP contribution in [0.15, 0.2) is 52.5 Å². The Morgan fingerprint density at radius 1 is 1.36 bits per heavy atom. The third-order valence-electron chi connectivity index (χ3n) is 4.62. The monoisotopic (exact) mass is 381 g/mol. The van der Waals surface area contributed by atoms with Crippen LogP contribution >= 0.6 is 0 Å². The molecular formula is C18H19N7O3. The number of H-pyrrole nitrogens is 1. The molecule has 10 heteroatoms. The van der Waals surface area contributed by atoms with Crippen LogP contribution in [0.1, 0.15) is 27.8 Å². The molecule has 10 nitrogen and oxygen atoms in total. The number of hydrogen-bond donors (Lipinski definition) is 2. The Balaban J connectivity index is 1.77. The average molecular weight is 381 g/mol. The lowest BCUT2D eigenvalue weighted by Gasteiger charge is -2.30. The van der Waals surface area contributed by atoms with Crippen LogP contribution in [0.4, 0.5) is 5.82 Å². The number of aliphatic imine (C=N–C) groups is 1. The number of imidazole rings is 1. The first-order valence-electron chi connectivity index (χ1n) is 8.56. The molecule has 28 heavy (non-hydrogen) atoms. The van der Waals surface area contributed by atoms with Crippen LogP contribution in [-0.2, 0) is 11.3 Å². The standard InChI is InChI=1S/C18H19N7O3/c1-23-14(19)13-15(22-17(23)25-8-4-7-20-25)24(18(27)21-13)10-11-5-3-6-12(9-11)16(26)28-2/h3-9,14H,10,19H2,1-2H3,(H,21,27). The van der Waals surface area contributed by atoms with Crippen molar-refractivity contribution in [3.05, 3.63) is 70.0 Å². The maximum Gasteiger partial charge on any atom is 0.337 e. The van der Waals surface area contributed by atoms with E-state index < -0.39 is 12.1 Å². The average Bonchev–Trinajstić information content (AvgIpc) is 3.33. The number of carbonyl (C=O) groups is 1. The van der Waals surface area contributed by atoms with E-state index in [-0.39, 0.29) is 12.2 Å². The number of hydrogen-bond acceptors (Lipinski definition) is 7. The minimum Gasteiger partial charge on any atom is -0.465 e. The van der Waals surface area contributed by atoms with Crippen LogP contribution in [0.5, 0.6) is 0 Å². The molecule has 3 aromatic rings. The molecule has 1 aromatic carbocycles. The SMILES string of the molecule is COC(=O)c1cccc(Cn2c3c([nH]c2=O)C(N)N(C)C(n2cccn2)=N3)c1. The smallest absolute Gasteiger partial charge is 0.337 e. The summed E-state index contributed by atoms with van der Waals surface area (Å²) in [6.45, 7) is 0.224.